The zero-order valence-corrected chi connectivity index (χ0v) is 25.8. The van der Waals surface area contributed by atoms with E-state index in [2.05, 4.69) is 5.32 Å². The van der Waals surface area contributed by atoms with Crippen LogP contribution in [0.3, 0.4) is 0 Å². The summed E-state index contributed by atoms with van der Waals surface area (Å²) >= 11 is 18.7. The Labute approximate surface area is 251 Å². The van der Waals surface area contributed by atoms with Crippen LogP contribution < -0.4 is 9.62 Å². The van der Waals surface area contributed by atoms with E-state index in [1.165, 1.54) is 17.0 Å². The molecule has 0 saturated carbocycles. The lowest BCUT2D eigenvalue weighted by Gasteiger charge is -2.35. The van der Waals surface area contributed by atoms with Crippen LogP contribution in [0.4, 0.5) is 5.69 Å². The molecule has 0 unspecified atom stereocenters. The zero-order chi connectivity index (χ0) is 29.7. The average Bonchev–Trinajstić information content (AvgIpc) is 2.85. The van der Waals surface area contributed by atoms with Gasteiger partial charge in [-0.2, -0.15) is 0 Å². The van der Waals surface area contributed by atoms with Gasteiger partial charge in [-0.15, -0.1) is 0 Å². The predicted octanol–water partition coefficient (Wildman–Crippen LogP) is 5.97. The second-order valence-electron chi connectivity index (χ2n) is 10.4. The first-order valence-electron chi connectivity index (χ1n) is 12.5. The van der Waals surface area contributed by atoms with Gasteiger partial charge in [-0.25, -0.2) is 8.42 Å². The minimum atomic E-state index is -3.98. The first-order valence-corrected chi connectivity index (χ1v) is 15.5. The highest BCUT2D eigenvalue weighted by atomic mass is 35.5. The van der Waals surface area contributed by atoms with Crippen molar-refractivity contribution in [3.8, 4) is 0 Å². The number of carbonyl (C=O) groups is 2. The standard InChI is InChI=1S/C29H32Cl3N3O4S/c1-29(2,3)33-28(37)25(17-20-10-6-5-7-11-20)34(18-21-12-8-13-22(30)16-21)26(36)19-35(40(4,38)39)24-15-9-14-23(31)27(24)32/h5-16,25H,17-19H2,1-4H3,(H,33,37)/t25-/m0/s1. The maximum absolute atomic E-state index is 14.1. The summed E-state index contributed by atoms with van der Waals surface area (Å²) in [4.78, 5) is 29.2. The van der Waals surface area contributed by atoms with Gasteiger partial charge < -0.3 is 10.2 Å². The second-order valence-corrected chi connectivity index (χ2v) is 13.6. The number of nitrogens with zero attached hydrogens (tertiary/aromatic N) is 2. The molecule has 0 radical (unpaired) electrons. The molecule has 0 aromatic heterocycles. The van der Waals surface area contributed by atoms with E-state index in [0.717, 1.165) is 16.1 Å². The Kier molecular flexibility index (Phi) is 10.5. The average molecular weight is 625 g/mol. The highest BCUT2D eigenvalue weighted by Crippen LogP contribution is 2.34. The van der Waals surface area contributed by atoms with Crippen LogP contribution in [-0.4, -0.2) is 49.5 Å². The van der Waals surface area contributed by atoms with E-state index in [9.17, 15) is 18.0 Å². The van der Waals surface area contributed by atoms with Crippen LogP contribution in [0.25, 0.3) is 0 Å². The van der Waals surface area contributed by atoms with Crippen molar-refractivity contribution in [2.45, 2.75) is 45.3 Å². The number of sulfonamides is 1. The summed E-state index contributed by atoms with van der Waals surface area (Å²) in [7, 11) is -3.98. The summed E-state index contributed by atoms with van der Waals surface area (Å²) in [6, 6.07) is 19.8. The molecule has 1 atom stereocenters. The molecule has 2 amide bonds. The van der Waals surface area contributed by atoms with Crippen LogP contribution >= 0.6 is 34.8 Å². The summed E-state index contributed by atoms with van der Waals surface area (Å²) in [6.07, 6.45) is 1.18. The predicted molar refractivity (Wildman–Crippen MR) is 162 cm³/mol. The van der Waals surface area contributed by atoms with Crippen molar-refractivity contribution in [3.05, 3.63) is 99.0 Å². The lowest BCUT2D eigenvalue weighted by Crippen LogP contribution is -2.56. The normalized spacial score (nSPS) is 12.5. The number of benzene rings is 3. The molecule has 3 aromatic rings. The molecule has 40 heavy (non-hydrogen) atoms. The number of anilines is 1. The van der Waals surface area contributed by atoms with Crippen molar-refractivity contribution < 1.29 is 18.0 Å². The molecule has 214 valence electrons. The van der Waals surface area contributed by atoms with E-state index in [1.54, 1.807) is 30.3 Å². The molecular formula is C29H32Cl3N3O4S. The Balaban J connectivity index is 2.10. The first kappa shape index (κ1) is 31.7. The SMILES string of the molecule is CC(C)(C)NC(=O)[C@H](Cc1ccccc1)N(Cc1cccc(Cl)c1)C(=O)CN(c1cccc(Cl)c1Cl)S(C)(=O)=O. The number of amides is 2. The molecule has 0 aliphatic carbocycles. The van der Waals surface area contributed by atoms with E-state index < -0.39 is 34.1 Å². The van der Waals surface area contributed by atoms with Gasteiger partial charge in [-0.1, -0.05) is 83.3 Å². The summed E-state index contributed by atoms with van der Waals surface area (Å²) in [6.45, 7) is 4.95. The molecule has 0 fully saturated rings. The van der Waals surface area contributed by atoms with Crippen molar-refractivity contribution in [1.29, 1.82) is 0 Å². The van der Waals surface area contributed by atoms with Crippen LogP contribution in [0.2, 0.25) is 15.1 Å². The molecule has 3 aromatic carbocycles. The van der Waals surface area contributed by atoms with Gasteiger partial charge >= 0.3 is 0 Å². The Morgan fingerprint density at radius 1 is 0.900 bits per heavy atom. The molecule has 0 spiro atoms. The highest BCUT2D eigenvalue weighted by Gasteiger charge is 2.34. The number of hydrogen-bond acceptors (Lipinski definition) is 4. The van der Waals surface area contributed by atoms with Gasteiger partial charge in [0.05, 0.1) is 22.0 Å². The Hall–Kier alpha value is -2.78. The fourth-order valence-corrected chi connectivity index (χ4v) is 5.63. The smallest absolute Gasteiger partial charge is 0.244 e. The molecule has 7 nitrogen and oxygen atoms in total. The minimum Gasteiger partial charge on any atom is -0.350 e. The first-order chi connectivity index (χ1) is 18.7. The molecule has 0 saturated heterocycles. The number of rotatable bonds is 10. The van der Waals surface area contributed by atoms with Crippen molar-refractivity contribution in [2.75, 3.05) is 17.1 Å². The van der Waals surface area contributed by atoms with E-state index in [-0.39, 0.29) is 34.6 Å². The molecule has 0 heterocycles. The number of hydrogen-bond donors (Lipinski definition) is 1. The molecular weight excluding hydrogens is 593 g/mol. The highest BCUT2D eigenvalue weighted by molar-refractivity contribution is 7.92. The molecule has 1 N–H and O–H groups in total. The summed E-state index contributed by atoms with van der Waals surface area (Å²) in [5.41, 5.74) is 0.989. The van der Waals surface area contributed by atoms with Crippen molar-refractivity contribution in [2.24, 2.45) is 0 Å². The van der Waals surface area contributed by atoms with Gasteiger partial charge in [0.1, 0.15) is 12.6 Å². The molecule has 0 bridgehead atoms. The Bertz CT molecular complexity index is 1460. The zero-order valence-electron chi connectivity index (χ0n) is 22.7. The minimum absolute atomic E-state index is 0.00454. The molecule has 3 rings (SSSR count). The Morgan fingerprint density at radius 2 is 1.52 bits per heavy atom. The number of nitrogens with one attached hydrogen (secondary N) is 1. The van der Waals surface area contributed by atoms with E-state index in [4.69, 9.17) is 34.8 Å². The van der Waals surface area contributed by atoms with E-state index in [0.29, 0.717) is 10.6 Å². The number of halogens is 3. The fraction of sp³-hybridized carbons (Fsp3) is 0.310. The maximum Gasteiger partial charge on any atom is 0.244 e. The van der Waals surface area contributed by atoms with Crippen molar-refractivity contribution in [3.63, 3.8) is 0 Å². The fourth-order valence-electron chi connectivity index (χ4n) is 4.12. The van der Waals surface area contributed by atoms with Gasteiger partial charge in [-0.05, 0) is 56.2 Å². The molecule has 0 aliphatic rings. The van der Waals surface area contributed by atoms with Crippen molar-refractivity contribution in [1.82, 2.24) is 10.2 Å². The van der Waals surface area contributed by atoms with Gasteiger partial charge in [0.15, 0.2) is 0 Å². The molecule has 11 heteroatoms. The van der Waals surface area contributed by atoms with Crippen LogP contribution in [0.15, 0.2) is 72.8 Å². The van der Waals surface area contributed by atoms with Crippen LogP contribution in [0, 0.1) is 0 Å². The van der Waals surface area contributed by atoms with Crippen LogP contribution in [0.1, 0.15) is 31.9 Å². The third-order valence-corrected chi connectivity index (χ3v) is 8.06. The summed E-state index contributed by atoms with van der Waals surface area (Å²) in [5, 5.41) is 3.58. The quantitative estimate of drug-likeness (QED) is 0.301. The third-order valence-electron chi connectivity index (χ3n) is 5.89. The van der Waals surface area contributed by atoms with Gasteiger partial charge in [0, 0.05) is 23.5 Å². The largest absolute Gasteiger partial charge is 0.350 e. The second kappa shape index (κ2) is 13.3. The van der Waals surface area contributed by atoms with Crippen LogP contribution in [0.5, 0.6) is 0 Å². The molecule has 0 aliphatic heterocycles. The third kappa shape index (κ3) is 8.86. The lowest BCUT2D eigenvalue weighted by molar-refractivity contribution is -0.140. The maximum atomic E-state index is 14.1. The van der Waals surface area contributed by atoms with E-state index >= 15 is 0 Å². The van der Waals surface area contributed by atoms with Gasteiger partial charge in [-0.3, -0.25) is 13.9 Å². The monoisotopic (exact) mass is 623 g/mol. The summed E-state index contributed by atoms with van der Waals surface area (Å²) < 4.78 is 26.7. The van der Waals surface area contributed by atoms with Gasteiger partial charge in [0.2, 0.25) is 21.8 Å². The van der Waals surface area contributed by atoms with E-state index in [1.807, 2.05) is 51.1 Å². The summed E-state index contributed by atoms with van der Waals surface area (Å²) in [5.74, 6) is -0.982. The lowest BCUT2D eigenvalue weighted by atomic mass is 10.0. The topological polar surface area (TPSA) is 86.8 Å². The van der Waals surface area contributed by atoms with Crippen LogP contribution in [-0.2, 0) is 32.6 Å². The van der Waals surface area contributed by atoms with Crippen molar-refractivity contribution >= 4 is 62.3 Å². The number of carbonyl (C=O) groups excluding carboxylic acids is 2. The Morgan fingerprint density at radius 3 is 2.12 bits per heavy atom. The van der Waals surface area contributed by atoms with Gasteiger partial charge in [0.25, 0.3) is 0 Å².